The van der Waals surface area contributed by atoms with Crippen LogP contribution in [0.4, 0.5) is 17.6 Å². The lowest BCUT2D eigenvalue weighted by Crippen LogP contribution is -2.28. The van der Waals surface area contributed by atoms with Gasteiger partial charge in [0.15, 0.2) is 16.6 Å². The maximum atomic E-state index is 14.6. The minimum atomic E-state index is -4.81. The summed E-state index contributed by atoms with van der Waals surface area (Å²) in [4.78, 5) is 17.3. The molecule has 1 N–H and O–H groups in total. The molecule has 12 heteroatoms. The molecule has 0 spiro atoms. The van der Waals surface area contributed by atoms with Crippen molar-refractivity contribution in [1.29, 1.82) is 0 Å². The van der Waals surface area contributed by atoms with E-state index in [4.69, 9.17) is 16.3 Å². The number of nitrogens with zero attached hydrogens (tertiary/aromatic N) is 2. The normalized spacial score (nSPS) is 12.0. The number of aromatic nitrogens is 2. The summed E-state index contributed by atoms with van der Waals surface area (Å²) in [5.74, 6) is -1.50. The van der Waals surface area contributed by atoms with Crippen molar-refractivity contribution in [2.75, 3.05) is 6.61 Å². The number of hydrogen-bond donors (Lipinski definition) is 1. The van der Waals surface area contributed by atoms with Crippen molar-refractivity contribution in [3.8, 4) is 17.2 Å². The molecule has 1 heterocycles. The summed E-state index contributed by atoms with van der Waals surface area (Å²) >= 11 is 7.03. The molecule has 0 aliphatic heterocycles. The first-order valence-corrected chi connectivity index (χ1v) is 10.5. The van der Waals surface area contributed by atoms with Gasteiger partial charge in [-0.05, 0) is 44.2 Å². The number of benzene rings is 2. The van der Waals surface area contributed by atoms with E-state index in [2.05, 4.69) is 9.72 Å². The fourth-order valence-corrected chi connectivity index (χ4v) is 3.61. The van der Waals surface area contributed by atoms with Gasteiger partial charge in [0.05, 0.1) is 16.3 Å². The number of hydrogen-bond acceptors (Lipinski definition) is 6. The van der Waals surface area contributed by atoms with Crippen LogP contribution in [0.1, 0.15) is 13.8 Å². The molecular formula is C21H17ClF4N2O4S. The molecule has 176 valence electrons. The van der Waals surface area contributed by atoms with E-state index in [1.54, 1.807) is 0 Å². The van der Waals surface area contributed by atoms with E-state index in [1.165, 1.54) is 44.4 Å². The Morgan fingerprint density at radius 2 is 1.85 bits per heavy atom. The lowest BCUT2D eigenvalue weighted by Gasteiger charge is -2.19. The van der Waals surface area contributed by atoms with Crippen molar-refractivity contribution in [1.82, 2.24) is 9.55 Å². The summed E-state index contributed by atoms with van der Waals surface area (Å²) in [5, 5.41) is 9.64. The topological polar surface area (TPSA) is 73.6 Å². The summed E-state index contributed by atoms with van der Waals surface area (Å²) < 4.78 is 61.6. The Balaban J connectivity index is 1.85. The number of alkyl halides is 3. The SMILES string of the molecule is CC(C)(O)COc1c(F)cc(-n2ccnc(Sc3ccc(OC(F)(F)F)cc3)c2=O)cc1Cl. The molecule has 0 aliphatic rings. The molecule has 0 unspecified atom stereocenters. The van der Waals surface area contributed by atoms with E-state index < -0.39 is 29.1 Å². The highest BCUT2D eigenvalue weighted by molar-refractivity contribution is 7.99. The molecule has 3 rings (SSSR count). The monoisotopic (exact) mass is 504 g/mol. The summed E-state index contributed by atoms with van der Waals surface area (Å²) in [5.41, 5.74) is -1.70. The molecule has 0 saturated heterocycles. The molecule has 0 aliphatic carbocycles. The molecule has 0 amide bonds. The Kier molecular flexibility index (Phi) is 7.25. The highest BCUT2D eigenvalue weighted by Gasteiger charge is 2.31. The average molecular weight is 505 g/mol. The lowest BCUT2D eigenvalue weighted by atomic mass is 10.2. The van der Waals surface area contributed by atoms with Crippen LogP contribution in [0, 0.1) is 5.82 Å². The summed E-state index contributed by atoms with van der Waals surface area (Å²) in [6.45, 7) is 2.77. The highest BCUT2D eigenvalue weighted by Crippen LogP contribution is 2.32. The fraction of sp³-hybridized carbons (Fsp3) is 0.238. The zero-order valence-corrected chi connectivity index (χ0v) is 18.8. The summed E-state index contributed by atoms with van der Waals surface area (Å²) in [7, 11) is 0. The Hall–Kier alpha value is -2.76. The molecule has 3 aromatic rings. The zero-order chi connectivity index (χ0) is 24.4. The molecule has 2 aromatic carbocycles. The molecule has 0 radical (unpaired) electrons. The third kappa shape index (κ3) is 6.86. The van der Waals surface area contributed by atoms with E-state index in [9.17, 15) is 27.5 Å². The van der Waals surface area contributed by atoms with Crippen molar-refractivity contribution in [3.05, 3.63) is 70.0 Å². The summed E-state index contributed by atoms with van der Waals surface area (Å²) in [6.07, 6.45) is -2.18. The first kappa shape index (κ1) is 24.9. The predicted octanol–water partition coefficient (Wildman–Crippen LogP) is 5.22. The smallest absolute Gasteiger partial charge is 0.486 e. The number of halogens is 5. The van der Waals surface area contributed by atoms with Gasteiger partial charge in [0.2, 0.25) is 0 Å². The van der Waals surface area contributed by atoms with Gasteiger partial charge in [-0.15, -0.1) is 13.2 Å². The highest BCUT2D eigenvalue weighted by atomic mass is 35.5. The number of aliphatic hydroxyl groups is 1. The van der Waals surface area contributed by atoms with Gasteiger partial charge in [0.25, 0.3) is 5.56 Å². The largest absolute Gasteiger partial charge is 0.573 e. The molecule has 33 heavy (non-hydrogen) atoms. The van der Waals surface area contributed by atoms with Crippen molar-refractivity contribution in [2.24, 2.45) is 0 Å². The van der Waals surface area contributed by atoms with E-state index in [-0.39, 0.29) is 28.1 Å². The maximum absolute atomic E-state index is 14.6. The molecule has 6 nitrogen and oxygen atoms in total. The molecule has 0 saturated carbocycles. The van der Waals surface area contributed by atoms with Crippen LogP contribution >= 0.6 is 23.4 Å². The van der Waals surface area contributed by atoms with E-state index in [0.717, 1.165) is 34.5 Å². The first-order valence-electron chi connectivity index (χ1n) is 9.28. The Bertz CT molecular complexity index is 1170. The lowest BCUT2D eigenvalue weighted by molar-refractivity contribution is -0.274. The van der Waals surface area contributed by atoms with Gasteiger partial charge >= 0.3 is 6.36 Å². The van der Waals surface area contributed by atoms with Gasteiger partial charge in [0.1, 0.15) is 12.4 Å². The van der Waals surface area contributed by atoms with E-state index >= 15 is 0 Å². The standard InChI is InChI=1S/C21H17ClF4N2O4S/c1-20(2,30)11-31-17-15(22)9-12(10-16(17)23)28-8-7-27-18(19(28)29)33-14-5-3-13(4-6-14)32-21(24,25)26/h3-10,30H,11H2,1-2H3. The van der Waals surface area contributed by atoms with Crippen LogP contribution in [0.2, 0.25) is 5.02 Å². The first-order chi connectivity index (χ1) is 15.3. The van der Waals surface area contributed by atoms with Crippen LogP contribution in [-0.2, 0) is 0 Å². The van der Waals surface area contributed by atoms with Crippen molar-refractivity contribution in [3.63, 3.8) is 0 Å². The van der Waals surface area contributed by atoms with Crippen molar-refractivity contribution in [2.45, 2.75) is 35.7 Å². The second-order valence-electron chi connectivity index (χ2n) is 7.37. The van der Waals surface area contributed by atoms with Gasteiger partial charge in [-0.1, -0.05) is 23.4 Å². The average Bonchev–Trinajstić information content (AvgIpc) is 2.68. The third-order valence-electron chi connectivity index (χ3n) is 3.91. The third-order valence-corrected chi connectivity index (χ3v) is 5.17. The molecule has 1 aromatic heterocycles. The summed E-state index contributed by atoms with van der Waals surface area (Å²) in [6, 6.07) is 7.27. The van der Waals surface area contributed by atoms with Gasteiger partial charge in [-0.25, -0.2) is 9.37 Å². The van der Waals surface area contributed by atoms with Crippen LogP contribution in [0.5, 0.6) is 11.5 Å². The van der Waals surface area contributed by atoms with Crippen LogP contribution in [0.3, 0.4) is 0 Å². The second kappa shape index (κ2) is 9.62. The zero-order valence-electron chi connectivity index (χ0n) is 17.2. The van der Waals surface area contributed by atoms with Crippen LogP contribution in [-0.4, -0.2) is 33.2 Å². The molecule has 0 bridgehead atoms. The van der Waals surface area contributed by atoms with E-state index in [1.807, 2.05) is 0 Å². The van der Waals surface area contributed by atoms with Gasteiger partial charge in [-0.3, -0.25) is 9.36 Å². The second-order valence-corrected chi connectivity index (χ2v) is 8.84. The van der Waals surface area contributed by atoms with Crippen LogP contribution in [0.25, 0.3) is 5.69 Å². The van der Waals surface area contributed by atoms with Gasteiger partial charge in [0, 0.05) is 23.4 Å². The Morgan fingerprint density at radius 3 is 2.42 bits per heavy atom. The predicted molar refractivity (Wildman–Crippen MR) is 114 cm³/mol. The number of ether oxygens (including phenoxy) is 2. The maximum Gasteiger partial charge on any atom is 0.573 e. The number of rotatable bonds is 7. The van der Waals surface area contributed by atoms with E-state index in [0.29, 0.717) is 4.90 Å². The van der Waals surface area contributed by atoms with Crippen molar-refractivity contribution >= 4 is 23.4 Å². The molecule has 0 atom stereocenters. The minimum Gasteiger partial charge on any atom is -0.486 e. The minimum absolute atomic E-state index is 0.000812. The van der Waals surface area contributed by atoms with Crippen LogP contribution < -0.4 is 15.0 Å². The Morgan fingerprint density at radius 1 is 1.18 bits per heavy atom. The van der Waals surface area contributed by atoms with Crippen molar-refractivity contribution < 1.29 is 32.1 Å². The van der Waals surface area contributed by atoms with Gasteiger partial charge in [-0.2, -0.15) is 0 Å². The van der Waals surface area contributed by atoms with Gasteiger partial charge < -0.3 is 14.6 Å². The van der Waals surface area contributed by atoms with Crippen LogP contribution in [0.15, 0.2) is 63.5 Å². The molecular weight excluding hydrogens is 488 g/mol. The Labute approximate surface area is 194 Å². The fourth-order valence-electron chi connectivity index (χ4n) is 2.56. The quantitative estimate of drug-likeness (QED) is 0.444. The molecule has 0 fully saturated rings.